The number of nitrogens with two attached hydrogens (primary N) is 1. The van der Waals surface area contributed by atoms with Gasteiger partial charge in [0.05, 0.1) is 18.4 Å². The molecule has 116 valence electrons. The summed E-state index contributed by atoms with van der Waals surface area (Å²) in [7, 11) is 2.01. The van der Waals surface area contributed by atoms with E-state index in [2.05, 4.69) is 34.4 Å². The van der Waals surface area contributed by atoms with E-state index < -0.39 is 0 Å². The van der Waals surface area contributed by atoms with Crippen molar-refractivity contribution in [1.29, 1.82) is 0 Å². The van der Waals surface area contributed by atoms with E-state index in [9.17, 15) is 0 Å². The van der Waals surface area contributed by atoms with Crippen molar-refractivity contribution in [2.24, 2.45) is 12.8 Å². The second-order valence-corrected chi connectivity index (χ2v) is 4.91. The van der Waals surface area contributed by atoms with Crippen molar-refractivity contribution >= 4 is 0 Å². The Bertz CT molecular complexity index is 671. The van der Waals surface area contributed by atoms with Crippen molar-refractivity contribution in [2.75, 3.05) is 0 Å². The van der Waals surface area contributed by atoms with Crippen molar-refractivity contribution in [2.45, 2.75) is 26.4 Å². The standard InChI is InChI=1S/C10H12N4.C6H10N2/c11-6-10-8-14(13-12-10)7-9-4-2-1-3-5-9;1-3-6-7-4-5-8(6)2/h1-5,8H,6-7,11H2;4-5H,3H2,1-2H3. The van der Waals surface area contributed by atoms with E-state index in [1.807, 2.05) is 48.4 Å². The Labute approximate surface area is 130 Å². The van der Waals surface area contributed by atoms with Crippen LogP contribution < -0.4 is 5.73 Å². The fourth-order valence-corrected chi connectivity index (χ4v) is 2.02. The predicted molar refractivity (Wildman–Crippen MR) is 86.0 cm³/mol. The van der Waals surface area contributed by atoms with Crippen LogP contribution in [0.5, 0.6) is 0 Å². The summed E-state index contributed by atoms with van der Waals surface area (Å²) in [4.78, 5) is 4.10. The van der Waals surface area contributed by atoms with Crippen LogP contribution in [0.4, 0.5) is 0 Å². The lowest BCUT2D eigenvalue weighted by Crippen LogP contribution is -2.00. The molecule has 3 aromatic rings. The largest absolute Gasteiger partial charge is 0.338 e. The first kappa shape index (κ1) is 15.9. The Morgan fingerprint density at radius 2 is 1.95 bits per heavy atom. The highest BCUT2D eigenvalue weighted by Crippen LogP contribution is 2.01. The molecule has 0 saturated heterocycles. The summed E-state index contributed by atoms with van der Waals surface area (Å²) < 4.78 is 3.82. The van der Waals surface area contributed by atoms with Gasteiger partial charge in [-0.3, -0.25) is 0 Å². The zero-order valence-corrected chi connectivity index (χ0v) is 13.1. The molecule has 0 aliphatic heterocycles. The minimum Gasteiger partial charge on any atom is -0.338 e. The van der Waals surface area contributed by atoms with E-state index in [1.54, 1.807) is 4.68 Å². The van der Waals surface area contributed by atoms with Gasteiger partial charge in [-0.25, -0.2) is 9.67 Å². The summed E-state index contributed by atoms with van der Waals surface area (Å²) >= 11 is 0. The van der Waals surface area contributed by atoms with Gasteiger partial charge in [0.25, 0.3) is 0 Å². The summed E-state index contributed by atoms with van der Waals surface area (Å²) in [5.74, 6) is 1.14. The number of benzene rings is 1. The van der Waals surface area contributed by atoms with Gasteiger partial charge in [0.2, 0.25) is 0 Å². The maximum absolute atomic E-state index is 5.44. The molecular weight excluding hydrogens is 276 g/mol. The number of aryl methyl sites for hydroxylation is 2. The van der Waals surface area contributed by atoms with Gasteiger partial charge in [0, 0.05) is 32.4 Å². The summed E-state index contributed by atoms with van der Waals surface area (Å²) in [6, 6.07) is 10.1. The molecule has 0 fully saturated rings. The third-order valence-electron chi connectivity index (χ3n) is 3.22. The van der Waals surface area contributed by atoms with Crippen LogP contribution >= 0.6 is 0 Å². The molecular formula is C16H22N6. The Kier molecular flexibility index (Phi) is 5.85. The molecule has 22 heavy (non-hydrogen) atoms. The van der Waals surface area contributed by atoms with Gasteiger partial charge in [-0.05, 0) is 5.56 Å². The second kappa shape index (κ2) is 8.09. The molecule has 0 aliphatic carbocycles. The first-order valence-corrected chi connectivity index (χ1v) is 7.32. The summed E-state index contributed by atoms with van der Waals surface area (Å²) in [5, 5.41) is 7.89. The molecule has 1 aromatic carbocycles. The van der Waals surface area contributed by atoms with Gasteiger partial charge >= 0.3 is 0 Å². The highest BCUT2D eigenvalue weighted by molar-refractivity contribution is 5.14. The van der Waals surface area contributed by atoms with Crippen LogP contribution in [0.1, 0.15) is 24.0 Å². The maximum Gasteiger partial charge on any atom is 0.108 e. The second-order valence-electron chi connectivity index (χ2n) is 4.91. The molecule has 2 aromatic heterocycles. The fourth-order valence-electron chi connectivity index (χ4n) is 2.02. The Balaban J connectivity index is 0.000000188. The highest BCUT2D eigenvalue weighted by Gasteiger charge is 1.98. The third-order valence-corrected chi connectivity index (χ3v) is 3.22. The van der Waals surface area contributed by atoms with Gasteiger partial charge in [-0.1, -0.05) is 42.5 Å². The maximum atomic E-state index is 5.44. The Morgan fingerprint density at radius 1 is 1.18 bits per heavy atom. The molecule has 0 unspecified atom stereocenters. The molecule has 0 spiro atoms. The topological polar surface area (TPSA) is 74.6 Å². The molecule has 6 heteroatoms. The van der Waals surface area contributed by atoms with E-state index in [4.69, 9.17) is 5.73 Å². The average Bonchev–Trinajstić information content (AvgIpc) is 3.17. The molecule has 0 radical (unpaired) electrons. The number of hydrogen-bond donors (Lipinski definition) is 1. The van der Waals surface area contributed by atoms with E-state index in [-0.39, 0.29) is 0 Å². The van der Waals surface area contributed by atoms with Crippen molar-refractivity contribution in [3.63, 3.8) is 0 Å². The molecule has 0 atom stereocenters. The van der Waals surface area contributed by atoms with E-state index in [1.165, 1.54) is 5.56 Å². The normalized spacial score (nSPS) is 10.1. The molecule has 0 saturated carbocycles. The lowest BCUT2D eigenvalue weighted by atomic mass is 10.2. The van der Waals surface area contributed by atoms with Crippen LogP contribution in [0.25, 0.3) is 0 Å². The van der Waals surface area contributed by atoms with Gasteiger partial charge in [-0.15, -0.1) is 5.10 Å². The molecule has 6 nitrogen and oxygen atoms in total. The van der Waals surface area contributed by atoms with Crippen molar-refractivity contribution in [3.8, 4) is 0 Å². The number of aromatic nitrogens is 5. The molecule has 2 heterocycles. The zero-order chi connectivity index (χ0) is 15.8. The summed E-state index contributed by atoms with van der Waals surface area (Å²) in [5.41, 5.74) is 7.47. The van der Waals surface area contributed by atoms with Gasteiger partial charge in [0.1, 0.15) is 5.82 Å². The number of nitrogens with zero attached hydrogens (tertiary/aromatic N) is 5. The average molecular weight is 298 g/mol. The smallest absolute Gasteiger partial charge is 0.108 e. The van der Waals surface area contributed by atoms with Crippen LogP contribution in [-0.4, -0.2) is 24.5 Å². The van der Waals surface area contributed by atoms with Crippen LogP contribution in [0, 0.1) is 0 Å². The van der Waals surface area contributed by atoms with Crippen LogP contribution in [-0.2, 0) is 26.6 Å². The van der Waals surface area contributed by atoms with E-state index in [0.29, 0.717) is 6.54 Å². The molecule has 2 N–H and O–H groups in total. The summed E-state index contributed by atoms with van der Waals surface area (Å²) in [6.07, 6.45) is 6.66. The van der Waals surface area contributed by atoms with Crippen LogP contribution in [0.15, 0.2) is 48.9 Å². The van der Waals surface area contributed by atoms with Crippen molar-refractivity contribution < 1.29 is 0 Å². The molecule has 0 aliphatic rings. The van der Waals surface area contributed by atoms with Crippen LogP contribution in [0.2, 0.25) is 0 Å². The van der Waals surface area contributed by atoms with Gasteiger partial charge in [0.15, 0.2) is 0 Å². The monoisotopic (exact) mass is 298 g/mol. The van der Waals surface area contributed by atoms with E-state index >= 15 is 0 Å². The minimum absolute atomic E-state index is 0.439. The molecule has 3 rings (SSSR count). The predicted octanol–water partition coefficient (Wildman–Crippen LogP) is 1.77. The number of rotatable bonds is 4. The number of hydrogen-bond acceptors (Lipinski definition) is 4. The minimum atomic E-state index is 0.439. The SMILES string of the molecule is CCc1nccn1C.NCc1cn(Cc2ccccc2)nn1. The van der Waals surface area contributed by atoms with Gasteiger partial charge < -0.3 is 10.3 Å². The van der Waals surface area contributed by atoms with Crippen molar-refractivity contribution in [3.05, 3.63) is 66.0 Å². The Hall–Kier alpha value is -2.47. The molecule has 0 bridgehead atoms. The van der Waals surface area contributed by atoms with E-state index in [0.717, 1.165) is 24.5 Å². The van der Waals surface area contributed by atoms with Gasteiger partial charge in [-0.2, -0.15) is 0 Å². The summed E-state index contributed by atoms with van der Waals surface area (Å²) in [6.45, 7) is 3.28. The Morgan fingerprint density at radius 3 is 2.45 bits per heavy atom. The zero-order valence-electron chi connectivity index (χ0n) is 13.1. The molecule has 0 amide bonds. The highest BCUT2D eigenvalue weighted by atomic mass is 15.4. The first-order valence-electron chi connectivity index (χ1n) is 7.32. The lowest BCUT2D eigenvalue weighted by molar-refractivity contribution is 0.649. The number of imidazole rings is 1. The van der Waals surface area contributed by atoms with Crippen LogP contribution in [0.3, 0.4) is 0 Å². The van der Waals surface area contributed by atoms with Crippen molar-refractivity contribution in [1.82, 2.24) is 24.5 Å². The first-order chi connectivity index (χ1) is 10.7. The quantitative estimate of drug-likeness (QED) is 0.796. The third kappa shape index (κ3) is 4.53. The lowest BCUT2D eigenvalue weighted by Gasteiger charge is -1.98. The fraction of sp³-hybridized carbons (Fsp3) is 0.312.